The minimum Gasteiger partial charge on any atom is -0.488 e. The van der Waals surface area contributed by atoms with Crippen molar-refractivity contribution in [3.63, 3.8) is 0 Å². The molecule has 1 aliphatic rings. The molecule has 1 aliphatic heterocycles. The molecule has 210 valence electrons. The van der Waals surface area contributed by atoms with Gasteiger partial charge in [-0.05, 0) is 86.2 Å². The average molecular weight is 548 g/mol. The van der Waals surface area contributed by atoms with Crippen LogP contribution in [-0.4, -0.2) is 31.6 Å². The maximum Gasteiger partial charge on any atom is 0.252 e. The second-order valence-corrected chi connectivity index (χ2v) is 12.1. The van der Waals surface area contributed by atoms with Gasteiger partial charge in [0.05, 0.1) is 6.04 Å². The molecular weight excluding hydrogens is 502 g/mol. The van der Waals surface area contributed by atoms with E-state index in [9.17, 15) is 4.79 Å². The fourth-order valence-corrected chi connectivity index (χ4v) is 6.03. The normalized spacial score (nSPS) is 15.0. The first-order valence-electron chi connectivity index (χ1n) is 14.7. The smallest absolute Gasteiger partial charge is 0.252 e. The molecule has 2 aromatic carbocycles. The van der Waals surface area contributed by atoms with Crippen LogP contribution in [0.3, 0.4) is 0 Å². The average Bonchev–Trinajstić information content (AvgIpc) is 3.39. The summed E-state index contributed by atoms with van der Waals surface area (Å²) in [5, 5.41) is 10.1. The van der Waals surface area contributed by atoms with Gasteiger partial charge in [-0.15, -0.1) is 11.3 Å². The zero-order valence-electron chi connectivity index (χ0n) is 24.0. The molecule has 5 nitrogen and oxygen atoms in total. The summed E-state index contributed by atoms with van der Waals surface area (Å²) in [6, 6.07) is 18.6. The van der Waals surface area contributed by atoms with E-state index in [0.717, 1.165) is 49.0 Å². The van der Waals surface area contributed by atoms with Crippen molar-refractivity contribution in [2.45, 2.75) is 78.5 Å². The van der Waals surface area contributed by atoms with Gasteiger partial charge < -0.3 is 20.7 Å². The summed E-state index contributed by atoms with van der Waals surface area (Å²) in [5.74, 6) is 1.45. The van der Waals surface area contributed by atoms with Crippen molar-refractivity contribution in [2.75, 3.05) is 19.6 Å². The first kappa shape index (κ1) is 29.3. The van der Waals surface area contributed by atoms with Gasteiger partial charge in [-0.1, -0.05) is 57.4 Å². The molecule has 1 aromatic heterocycles. The maximum atomic E-state index is 13.2. The Labute approximate surface area is 238 Å². The van der Waals surface area contributed by atoms with Gasteiger partial charge in [0.2, 0.25) is 0 Å². The second kappa shape index (κ2) is 14.6. The number of unbranched alkanes of at least 4 members (excludes halogenated alkanes) is 1. The van der Waals surface area contributed by atoms with Crippen LogP contribution in [0, 0.1) is 12.8 Å². The molecule has 1 fully saturated rings. The fraction of sp³-hybridized carbons (Fsp3) is 0.485. The van der Waals surface area contributed by atoms with Crippen LogP contribution in [0.5, 0.6) is 5.75 Å². The molecule has 3 aromatic rings. The number of ether oxygens (including phenoxy) is 1. The fourth-order valence-electron chi connectivity index (χ4n) is 5.05. The number of carbonyl (C=O) groups excluding carboxylic acids is 1. The topological polar surface area (TPSA) is 62.4 Å². The lowest BCUT2D eigenvalue weighted by atomic mass is 9.97. The Hall–Kier alpha value is -2.67. The van der Waals surface area contributed by atoms with Crippen molar-refractivity contribution < 1.29 is 9.53 Å². The molecule has 0 aliphatic carbocycles. The summed E-state index contributed by atoms with van der Waals surface area (Å²) < 4.78 is 5.97. The van der Waals surface area contributed by atoms with E-state index in [1.807, 2.05) is 43.4 Å². The SMILES string of the molecule is CCCCC(CCC)CNCc1ccc(-c2cccc(C(C)NC(=O)c3cc(OC4CNC4)ccc3C)c2)s1. The monoisotopic (exact) mass is 547 g/mol. The Bertz CT molecular complexity index is 1200. The van der Waals surface area contributed by atoms with Crippen molar-refractivity contribution >= 4 is 17.2 Å². The van der Waals surface area contributed by atoms with Gasteiger partial charge in [0, 0.05) is 35.0 Å². The van der Waals surface area contributed by atoms with E-state index in [-0.39, 0.29) is 18.1 Å². The third kappa shape index (κ3) is 8.41. The predicted octanol–water partition coefficient (Wildman–Crippen LogP) is 7.26. The van der Waals surface area contributed by atoms with Crippen LogP contribution < -0.4 is 20.7 Å². The summed E-state index contributed by atoms with van der Waals surface area (Å²) >= 11 is 1.85. The summed E-state index contributed by atoms with van der Waals surface area (Å²) in [7, 11) is 0. The number of hydrogen-bond donors (Lipinski definition) is 3. The first-order valence-corrected chi connectivity index (χ1v) is 15.5. The molecule has 3 N–H and O–H groups in total. The lowest BCUT2D eigenvalue weighted by Gasteiger charge is -2.28. The molecule has 0 spiro atoms. The molecule has 2 heterocycles. The van der Waals surface area contributed by atoms with Crippen molar-refractivity contribution in [1.82, 2.24) is 16.0 Å². The quantitative estimate of drug-likeness (QED) is 0.187. The van der Waals surface area contributed by atoms with Crippen LogP contribution >= 0.6 is 11.3 Å². The van der Waals surface area contributed by atoms with Crippen LogP contribution in [0.1, 0.15) is 85.3 Å². The highest BCUT2D eigenvalue weighted by Gasteiger charge is 2.20. The van der Waals surface area contributed by atoms with E-state index in [2.05, 4.69) is 66.2 Å². The summed E-state index contributed by atoms with van der Waals surface area (Å²) in [6.45, 7) is 12.3. The molecule has 1 saturated heterocycles. The first-order chi connectivity index (χ1) is 19.0. The number of hydrogen-bond acceptors (Lipinski definition) is 5. The third-order valence-corrected chi connectivity index (χ3v) is 8.71. The molecule has 39 heavy (non-hydrogen) atoms. The van der Waals surface area contributed by atoms with E-state index in [0.29, 0.717) is 5.56 Å². The van der Waals surface area contributed by atoms with Gasteiger partial charge in [-0.3, -0.25) is 4.79 Å². The highest BCUT2D eigenvalue weighted by molar-refractivity contribution is 7.15. The number of benzene rings is 2. The van der Waals surface area contributed by atoms with Crippen molar-refractivity contribution in [2.24, 2.45) is 5.92 Å². The Morgan fingerprint density at radius 1 is 1.08 bits per heavy atom. The van der Waals surface area contributed by atoms with Gasteiger partial charge in [-0.25, -0.2) is 0 Å². The van der Waals surface area contributed by atoms with Gasteiger partial charge in [0.1, 0.15) is 11.9 Å². The molecule has 0 radical (unpaired) electrons. The zero-order valence-corrected chi connectivity index (χ0v) is 24.8. The Kier molecular flexibility index (Phi) is 11.0. The number of carbonyl (C=O) groups is 1. The second-order valence-electron chi connectivity index (χ2n) is 10.9. The van der Waals surface area contributed by atoms with Gasteiger partial charge >= 0.3 is 0 Å². The number of thiophene rings is 1. The Morgan fingerprint density at radius 3 is 2.67 bits per heavy atom. The zero-order chi connectivity index (χ0) is 27.6. The van der Waals surface area contributed by atoms with Crippen molar-refractivity contribution in [3.05, 3.63) is 76.2 Å². The molecule has 2 atom stereocenters. The maximum absolute atomic E-state index is 13.2. The molecule has 6 heteroatoms. The third-order valence-electron chi connectivity index (χ3n) is 7.58. The highest BCUT2D eigenvalue weighted by atomic mass is 32.1. The van der Waals surface area contributed by atoms with Crippen LogP contribution in [0.2, 0.25) is 0 Å². The van der Waals surface area contributed by atoms with Crippen LogP contribution in [0.4, 0.5) is 0 Å². The van der Waals surface area contributed by atoms with Crippen molar-refractivity contribution in [1.29, 1.82) is 0 Å². The van der Waals surface area contributed by atoms with Crippen LogP contribution in [-0.2, 0) is 6.54 Å². The predicted molar refractivity (Wildman–Crippen MR) is 164 cm³/mol. The van der Waals surface area contributed by atoms with Crippen LogP contribution in [0.15, 0.2) is 54.6 Å². The summed E-state index contributed by atoms with van der Waals surface area (Å²) in [5.41, 5.74) is 3.89. The van der Waals surface area contributed by atoms with E-state index < -0.39 is 0 Å². The lowest BCUT2D eigenvalue weighted by Crippen LogP contribution is -2.50. The molecular formula is C33H45N3O2S. The minimum absolute atomic E-state index is 0.0765. The van der Waals surface area contributed by atoms with E-state index in [4.69, 9.17) is 4.74 Å². The number of aryl methyl sites for hydroxylation is 1. The Balaban J connectivity index is 1.35. The number of nitrogens with one attached hydrogen (secondary N) is 3. The van der Waals surface area contributed by atoms with Gasteiger partial charge in [-0.2, -0.15) is 0 Å². The molecule has 4 rings (SSSR count). The number of amides is 1. The highest BCUT2D eigenvalue weighted by Crippen LogP contribution is 2.30. The minimum atomic E-state index is -0.114. The Morgan fingerprint density at radius 2 is 1.92 bits per heavy atom. The molecule has 0 bridgehead atoms. The largest absolute Gasteiger partial charge is 0.488 e. The van der Waals surface area contributed by atoms with Gasteiger partial charge in [0.25, 0.3) is 5.91 Å². The summed E-state index contributed by atoms with van der Waals surface area (Å²) in [4.78, 5) is 15.8. The lowest BCUT2D eigenvalue weighted by molar-refractivity contribution is 0.0937. The van der Waals surface area contributed by atoms with E-state index in [1.54, 1.807) is 0 Å². The standard InChI is InChI=1S/C33H45N3O2S/c1-5-7-10-25(9-6-2)19-34-22-30-15-16-32(39-30)27-12-8-11-26(17-27)24(4)36-33(37)31-18-28(14-13-23(31)3)38-29-20-35-21-29/h8,11-18,24-25,29,34-35H,5-7,9-10,19-22H2,1-4H3,(H,36,37). The van der Waals surface area contributed by atoms with Crippen molar-refractivity contribution in [3.8, 4) is 16.2 Å². The van der Waals surface area contributed by atoms with E-state index >= 15 is 0 Å². The molecule has 2 unspecified atom stereocenters. The molecule has 0 saturated carbocycles. The summed E-state index contributed by atoms with van der Waals surface area (Å²) in [6.07, 6.45) is 6.67. The number of rotatable bonds is 15. The van der Waals surface area contributed by atoms with Gasteiger partial charge in [0.15, 0.2) is 0 Å². The van der Waals surface area contributed by atoms with Crippen LogP contribution in [0.25, 0.3) is 10.4 Å². The molecule has 1 amide bonds. The van der Waals surface area contributed by atoms with E-state index in [1.165, 1.54) is 47.4 Å².